The number of halogens is 1. The minimum absolute atomic E-state index is 0.00753. The predicted octanol–water partition coefficient (Wildman–Crippen LogP) is 4.89. The number of carbonyl (C=O) groups is 1. The van der Waals surface area contributed by atoms with E-state index in [1.807, 2.05) is 43.0 Å². The Morgan fingerprint density at radius 1 is 1.10 bits per heavy atom. The van der Waals surface area contributed by atoms with Crippen molar-refractivity contribution in [3.8, 4) is 0 Å². The van der Waals surface area contributed by atoms with Crippen LogP contribution in [0.5, 0.6) is 0 Å². The van der Waals surface area contributed by atoms with E-state index >= 15 is 0 Å². The van der Waals surface area contributed by atoms with Crippen molar-refractivity contribution in [1.29, 1.82) is 0 Å². The highest BCUT2D eigenvalue weighted by Crippen LogP contribution is 2.43. The summed E-state index contributed by atoms with van der Waals surface area (Å²) in [5.74, 6) is 0.223. The maximum absolute atomic E-state index is 14.2. The number of rotatable bonds is 3. The molecule has 3 atom stereocenters. The van der Waals surface area contributed by atoms with Crippen LogP contribution in [0.1, 0.15) is 55.8 Å². The van der Waals surface area contributed by atoms with Gasteiger partial charge in [-0.05, 0) is 55.7 Å². The summed E-state index contributed by atoms with van der Waals surface area (Å²) >= 11 is 0. The molecule has 0 aliphatic carbocycles. The van der Waals surface area contributed by atoms with Crippen molar-refractivity contribution < 1.29 is 9.18 Å². The number of hydrogen-bond donors (Lipinski definition) is 1. The Hall–Kier alpha value is -2.89. The molecule has 0 radical (unpaired) electrons. The first-order valence-electron chi connectivity index (χ1n) is 10.8. The molecule has 0 saturated carbocycles. The lowest BCUT2D eigenvalue weighted by Gasteiger charge is -2.39. The van der Waals surface area contributed by atoms with Gasteiger partial charge in [-0.15, -0.1) is 0 Å². The highest BCUT2D eigenvalue weighted by molar-refractivity contribution is 5.87. The minimum atomic E-state index is -0.233. The second-order valence-electron chi connectivity index (χ2n) is 8.69. The number of amides is 2. The summed E-state index contributed by atoms with van der Waals surface area (Å²) < 4.78 is 16.1. The number of aromatic nitrogens is 2. The highest BCUT2D eigenvalue weighted by atomic mass is 19.1. The third-order valence-electron chi connectivity index (χ3n) is 6.96. The van der Waals surface area contributed by atoms with E-state index in [0.29, 0.717) is 11.3 Å². The van der Waals surface area contributed by atoms with Crippen molar-refractivity contribution in [2.75, 3.05) is 0 Å². The molecular weight excluding hydrogens is 379 g/mol. The average Bonchev–Trinajstić information content (AvgIpc) is 3.28. The zero-order valence-electron chi connectivity index (χ0n) is 17.4. The fourth-order valence-electron chi connectivity index (χ4n) is 5.54. The van der Waals surface area contributed by atoms with Gasteiger partial charge >= 0.3 is 6.03 Å². The molecule has 2 aromatic carbocycles. The molecule has 3 heterocycles. The van der Waals surface area contributed by atoms with E-state index in [9.17, 15) is 9.18 Å². The highest BCUT2D eigenvalue weighted by Gasteiger charge is 2.44. The standard InChI is InChI=1S/C24H27FN4O/c1-15(19-9-10-22(25)21-6-4-3-5-20(19)21)27-24(30)29-17-7-8-18(29)14-16(13-17)23-11-12-26-28(23)2/h3-6,9-12,15-18H,7-8,13-14H2,1-2H3,(H,27,30). The van der Waals surface area contributed by atoms with Crippen LogP contribution in [0.2, 0.25) is 0 Å². The Bertz CT molecular complexity index is 1080. The van der Waals surface area contributed by atoms with Gasteiger partial charge in [0.2, 0.25) is 0 Å². The third-order valence-corrected chi connectivity index (χ3v) is 6.96. The SMILES string of the molecule is CC(NC(=O)N1C2CCC1CC(c1ccnn1C)C2)c1ccc(F)c2ccccc12. The molecule has 2 bridgehead atoms. The Kier molecular flexibility index (Phi) is 4.72. The molecular formula is C24H27FN4O. The summed E-state index contributed by atoms with van der Waals surface area (Å²) in [5.41, 5.74) is 2.20. The van der Waals surface area contributed by atoms with Crippen LogP contribution in [0.25, 0.3) is 10.8 Å². The maximum atomic E-state index is 14.2. The van der Waals surface area contributed by atoms with E-state index in [2.05, 4.69) is 21.4 Å². The van der Waals surface area contributed by atoms with Crippen LogP contribution >= 0.6 is 0 Å². The van der Waals surface area contributed by atoms with Gasteiger partial charge in [0.15, 0.2) is 0 Å². The lowest BCUT2D eigenvalue weighted by atomic mass is 9.88. The number of carbonyl (C=O) groups excluding carboxylic acids is 1. The quantitative estimate of drug-likeness (QED) is 0.673. The van der Waals surface area contributed by atoms with E-state index in [0.717, 1.165) is 36.6 Å². The van der Waals surface area contributed by atoms with Gasteiger partial charge in [0.25, 0.3) is 0 Å². The molecule has 5 nitrogen and oxygen atoms in total. The molecule has 30 heavy (non-hydrogen) atoms. The molecule has 156 valence electrons. The number of piperidine rings is 1. The van der Waals surface area contributed by atoms with E-state index < -0.39 is 0 Å². The molecule has 2 saturated heterocycles. The van der Waals surface area contributed by atoms with Gasteiger partial charge in [-0.2, -0.15) is 5.10 Å². The van der Waals surface area contributed by atoms with Crippen molar-refractivity contribution in [2.24, 2.45) is 7.05 Å². The van der Waals surface area contributed by atoms with Crippen LogP contribution in [0.4, 0.5) is 9.18 Å². The van der Waals surface area contributed by atoms with Gasteiger partial charge in [0.05, 0.1) is 6.04 Å². The summed E-state index contributed by atoms with van der Waals surface area (Å²) in [6, 6.07) is 13.1. The van der Waals surface area contributed by atoms with Gasteiger partial charge in [-0.25, -0.2) is 9.18 Å². The monoisotopic (exact) mass is 406 g/mol. The van der Waals surface area contributed by atoms with Crippen molar-refractivity contribution in [3.63, 3.8) is 0 Å². The van der Waals surface area contributed by atoms with E-state index in [4.69, 9.17) is 0 Å². The number of benzene rings is 2. The largest absolute Gasteiger partial charge is 0.331 e. The molecule has 2 amide bonds. The maximum Gasteiger partial charge on any atom is 0.318 e. The Labute approximate surface area is 175 Å². The Balaban J connectivity index is 1.33. The zero-order chi connectivity index (χ0) is 20.8. The Morgan fingerprint density at radius 3 is 2.47 bits per heavy atom. The fourth-order valence-corrected chi connectivity index (χ4v) is 5.54. The number of urea groups is 1. The number of nitrogens with one attached hydrogen (secondary N) is 1. The van der Waals surface area contributed by atoms with E-state index in [1.54, 1.807) is 12.1 Å². The van der Waals surface area contributed by atoms with E-state index in [1.165, 1.54) is 11.8 Å². The van der Waals surface area contributed by atoms with Gasteiger partial charge in [0, 0.05) is 42.3 Å². The summed E-state index contributed by atoms with van der Waals surface area (Å²) in [6.07, 6.45) is 5.93. The molecule has 1 N–H and O–H groups in total. The minimum Gasteiger partial charge on any atom is -0.331 e. The molecule has 1 aromatic heterocycles. The molecule has 3 unspecified atom stereocenters. The van der Waals surface area contributed by atoms with E-state index in [-0.39, 0.29) is 30.0 Å². The van der Waals surface area contributed by atoms with Crippen LogP contribution in [0, 0.1) is 5.82 Å². The smallest absolute Gasteiger partial charge is 0.318 e. The predicted molar refractivity (Wildman–Crippen MR) is 115 cm³/mol. The molecule has 5 rings (SSSR count). The summed E-state index contributed by atoms with van der Waals surface area (Å²) in [5, 5.41) is 8.94. The topological polar surface area (TPSA) is 50.2 Å². The fraction of sp³-hybridized carbons (Fsp3) is 0.417. The summed E-state index contributed by atoms with van der Waals surface area (Å²) in [6.45, 7) is 1.97. The number of hydrogen-bond acceptors (Lipinski definition) is 2. The molecule has 3 aromatic rings. The van der Waals surface area contributed by atoms with Crippen molar-refractivity contribution in [2.45, 2.75) is 56.7 Å². The van der Waals surface area contributed by atoms with Crippen molar-refractivity contribution in [3.05, 3.63) is 65.7 Å². The second kappa shape index (κ2) is 7.42. The van der Waals surface area contributed by atoms with Gasteiger partial charge in [-0.3, -0.25) is 4.68 Å². The van der Waals surface area contributed by atoms with Crippen molar-refractivity contribution in [1.82, 2.24) is 20.0 Å². The average molecular weight is 407 g/mol. The molecule has 2 aliphatic heterocycles. The van der Waals surface area contributed by atoms with Gasteiger partial charge in [0.1, 0.15) is 5.82 Å². The second-order valence-corrected chi connectivity index (χ2v) is 8.69. The molecule has 2 fully saturated rings. The molecule has 6 heteroatoms. The van der Waals surface area contributed by atoms with Crippen LogP contribution in [0.3, 0.4) is 0 Å². The number of nitrogens with zero attached hydrogens (tertiary/aromatic N) is 3. The first kappa shape index (κ1) is 19.1. The molecule has 2 aliphatic rings. The van der Waals surface area contributed by atoms with Gasteiger partial charge in [-0.1, -0.05) is 30.3 Å². The van der Waals surface area contributed by atoms with Crippen LogP contribution in [0.15, 0.2) is 48.7 Å². The number of fused-ring (bicyclic) bond motifs is 3. The zero-order valence-corrected chi connectivity index (χ0v) is 17.4. The van der Waals surface area contributed by atoms with Crippen molar-refractivity contribution >= 4 is 16.8 Å². The van der Waals surface area contributed by atoms with Crippen LogP contribution in [-0.4, -0.2) is 32.8 Å². The Morgan fingerprint density at radius 2 is 1.80 bits per heavy atom. The first-order valence-corrected chi connectivity index (χ1v) is 10.8. The first-order chi connectivity index (χ1) is 14.5. The number of aryl methyl sites for hydroxylation is 1. The normalized spacial score (nSPS) is 24.2. The van der Waals surface area contributed by atoms with Crippen LogP contribution in [-0.2, 0) is 7.05 Å². The van der Waals surface area contributed by atoms with Gasteiger partial charge < -0.3 is 10.2 Å². The lowest BCUT2D eigenvalue weighted by Crippen LogP contribution is -2.51. The van der Waals surface area contributed by atoms with Crippen LogP contribution < -0.4 is 5.32 Å². The summed E-state index contributed by atoms with van der Waals surface area (Å²) in [4.78, 5) is 15.3. The lowest BCUT2D eigenvalue weighted by molar-refractivity contribution is 0.134. The summed E-state index contributed by atoms with van der Waals surface area (Å²) in [7, 11) is 1.99. The molecule has 0 spiro atoms. The third kappa shape index (κ3) is 3.15.